The molecular weight excluding hydrogens is 222 g/mol. The van der Waals surface area contributed by atoms with Gasteiger partial charge in [0.1, 0.15) is 0 Å². The second-order valence-electron chi connectivity index (χ2n) is 6.44. The first-order valence-electron chi connectivity index (χ1n) is 8.14. The van der Waals surface area contributed by atoms with Gasteiger partial charge in [0.25, 0.3) is 0 Å². The van der Waals surface area contributed by atoms with Gasteiger partial charge in [-0.15, -0.1) is 0 Å². The van der Waals surface area contributed by atoms with Crippen LogP contribution in [0.4, 0.5) is 0 Å². The van der Waals surface area contributed by atoms with E-state index in [1.54, 1.807) is 0 Å². The molecule has 18 heavy (non-hydrogen) atoms. The normalized spacial score (nSPS) is 30.7. The second kappa shape index (κ2) is 6.91. The highest BCUT2D eigenvalue weighted by Gasteiger charge is 2.41. The highest BCUT2D eigenvalue weighted by molar-refractivity contribution is 4.97. The largest absolute Gasteiger partial charge is 0.372 e. The van der Waals surface area contributed by atoms with Gasteiger partial charge in [-0.1, -0.05) is 52.4 Å². The van der Waals surface area contributed by atoms with Crippen molar-refractivity contribution in [2.24, 2.45) is 5.92 Å². The molecule has 2 heteroatoms. The van der Waals surface area contributed by atoms with Gasteiger partial charge < -0.3 is 10.1 Å². The van der Waals surface area contributed by atoms with E-state index >= 15 is 0 Å². The van der Waals surface area contributed by atoms with Crippen molar-refractivity contribution in [3.8, 4) is 0 Å². The Balaban J connectivity index is 2.03. The number of nitrogens with one attached hydrogen (secondary N) is 1. The van der Waals surface area contributed by atoms with Gasteiger partial charge in [-0.2, -0.15) is 0 Å². The predicted molar refractivity (Wildman–Crippen MR) is 76.9 cm³/mol. The molecule has 106 valence electrons. The molecule has 1 aliphatic heterocycles. The Kier molecular flexibility index (Phi) is 5.50. The van der Waals surface area contributed by atoms with Crippen molar-refractivity contribution in [3.63, 3.8) is 0 Å². The zero-order chi connectivity index (χ0) is 12.8. The van der Waals surface area contributed by atoms with Gasteiger partial charge in [-0.05, 0) is 25.2 Å². The first-order valence-corrected chi connectivity index (χ1v) is 8.14. The monoisotopic (exact) mass is 253 g/mol. The Labute approximate surface area is 113 Å². The van der Waals surface area contributed by atoms with Crippen molar-refractivity contribution in [2.45, 2.75) is 83.3 Å². The molecule has 0 aromatic heterocycles. The van der Waals surface area contributed by atoms with Crippen LogP contribution in [0.25, 0.3) is 0 Å². The average Bonchev–Trinajstić information content (AvgIpc) is 2.36. The molecule has 1 aliphatic carbocycles. The van der Waals surface area contributed by atoms with E-state index in [4.69, 9.17) is 4.74 Å². The maximum atomic E-state index is 6.34. The molecule has 0 aromatic carbocycles. The van der Waals surface area contributed by atoms with Crippen LogP contribution in [0.3, 0.4) is 0 Å². The zero-order valence-electron chi connectivity index (χ0n) is 12.3. The maximum Gasteiger partial charge on any atom is 0.0835 e. The van der Waals surface area contributed by atoms with Crippen LogP contribution < -0.4 is 5.32 Å². The number of morpholine rings is 1. The summed E-state index contributed by atoms with van der Waals surface area (Å²) < 4.78 is 6.34. The molecule has 0 aromatic rings. The van der Waals surface area contributed by atoms with Gasteiger partial charge in [0, 0.05) is 12.6 Å². The van der Waals surface area contributed by atoms with Crippen LogP contribution in [0.1, 0.15) is 71.6 Å². The van der Waals surface area contributed by atoms with E-state index in [1.165, 1.54) is 57.8 Å². The topological polar surface area (TPSA) is 21.3 Å². The van der Waals surface area contributed by atoms with E-state index in [-0.39, 0.29) is 5.60 Å². The molecule has 2 unspecified atom stereocenters. The van der Waals surface area contributed by atoms with Crippen molar-refractivity contribution in [2.75, 3.05) is 13.2 Å². The summed E-state index contributed by atoms with van der Waals surface area (Å²) in [7, 11) is 0. The fourth-order valence-electron chi connectivity index (χ4n) is 3.64. The fourth-order valence-corrected chi connectivity index (χ4v) is 3.64. The Morgan fingerprint density at radius 3 is 2.50 bits per heavy atom. The quantitative estimate of drug-likeness (QED) is 0.824. The lowest BCUT2D eigenvalue weighted by atomic mass is 9.77. The first kappa shape index (κ1) is 14.3. The highest BCUT2D eigenvalue weighted by Crippen LogP contribution is 2.36. The summed E-state index contributed by atoms with van der Waals surface area (Å²) in [5.41, 5.74) is 0.169. The minimum Gasteiger partial charge on any atom is -0.372 e. The van der Waals surface area contributed by atoms with E-state index in [0.29, 0.717) is 6.04 Å². The average molecular weight is 253 g/mol. The summed E-state index contributed by atoms with van der Waals surface area (Å²) in [6, 6.07) is 0.597. The molecule has 0 bridgehead atoms. The number of ether oxygens (including phenoxy) is 1. The van der Waals surface area contributed by atoms with Gasteiger partial charge in [-0.3, -0.25) is 0 Å². The van der Waals surface area contributed by atoms with Gasteiger partial charge in [0.05, 0.1) is 12.2 Å². The molecule has 1 heterocycles. The molecule has 2 nitrogen and oxygen atoms in total. The van der Waals surface area contributed by atoms with E-state index in [1.807, 2.05) is 0 Å². The Hall–Kier alpha value is -0.0800. The van der Waals surface area contributed by atoms with E-state index in [2.05, 4.69) is 19.2 Å². The predicted octanol–water partition coefficient (Wildman–Crippen LogP) is 3.89. The van der Waals surface area contributed by atoms with Gasteiger partial charge in [0.15, 0.2) is 0 Å². The summed E-state index contributed by atoms with van der Waals surface area (Å²) >= 11 is 0. The smallest absolute Gasteiger partial charge is 0.0835 e. The van der Waals surface area contributed by atoms with Crippen LogP contribution in [0.2, 0.25) is 0 Å². The summed E-state index contributed by atoms with van der Waals surface area (Å²) in [4.78, 5) is 0. The van der Waals surface area contributed by atoms with Gasteiger partial charge in [-0.25, -0.2) is 0 Å². The maximum absolute atomic E-state index is 6.34. The van der Waals surface area contributed by atoms with Gasteiger partial charge >= 0.3 is 0 Å². The standard InChI is InChI=1S/C16H31NO/c1-3-14(2)13-15-16(18-12-11-17-15)9-7-5-4-6-8-10-16/h14-15,17H,3-13H2,1-2H3. The minimum absolute atomic E-state index is 0.169. The zero-order valence-corrected chi connectivity index (χ0v) is 12.3. The highest BCUT2D eigenvalue weighted by atomic mass is 16.5. The molecule has 2 aliphatic rings. The molecule has 1 spiro atoms. The summed E-state index contributed by atoms with van der Waals surface area (Å²) in [6.45, 7) is 6.64. The van der Waals surface area contributed by atoms with Crippen molar-refractivity contribution in [1.82, 2.24) is 5.32 Å². The lowest BCUT2D eigenvalue weighted by Crippen LogP contribution is -2.58. The summed E-state index contributed by atoms with van der Waals surface area (Å²) in [5, 5.41) is 3.77. The Bertz CT molecular complexity index is 233. The molecule has 2 fully saturated rings. The Morgan fingerprint density at radius 1 is 1.17 bits per heavy atom. The van der Waals surface area contributed by atoms with Crippen molar-refractivity contribution in [1.29, 1.82) is 0 Å². The van der Waals surface area contributed by atoms with Crippen LogP contribution in [-0.4, -0.2) is 24.8 Å². The van der Waals surface area contributed by atoms with E-state index in [0.717, 1.165) is 19.1 Å². The molecule has 2 atom stereocenters. The lowest BCUT2D eigenvalue weighted by Gasteiger charge is -2.46. The number of rotatable bonds is 3. The van der Waals surface area contributed by atoms with Crippen molar-refractivity contribution < 1.29 is 4.74 Å². The molecule has 0 radical (unpaired) electrons. The molecule has 1 saturated carbocycles. The summed E-state index contributed by atoms with van der Waals surface area (Å²) in [6.07, 6.45) is 12.1. The number of hydrogen-bond donors (Lipinski definition) is 1. The second-order valence-corrected chi connectivity index (χ2v) is 6.44. The molecular formula is C16H31NO. The first-order chi connectivity index (χ1) is 8.77. The van der Waals surface area contributed by atoms with Crippen LogP contribution in [0.5, 0.6) is 0 Å². The molecule has 2 rings (SSSR count). The van der Waals surface area contributed by atoms with Gasteiger partial charge in [0.2, 0.25) is 0 Å². The third-order valence-electron chi connectivity index (χ3n) is 5.05. The summed E-state index contributed by atoms with van der Waals surface area (Å²) in [5.74, 6) is 0.812. The molecule has 0 amide bonds. The van der Waals surface area contributed by atoms with Crippen LogP contribution in [0.15, 0.2) is 0 Å². The fraction of sp³-hybridized carbons (Fsp3) is 1.00. The molecule has 1 N–H and O–H groups in total. The minimum atomic E-state index is 0.169. The van der Waals surface area contributed by atoms with Crippen molar-refractivity contribution in [3.05, 3.63) is 0 Å². The van der Waals surface area contributed by atoms with Crippen LogP contribution >= 0.6 is 0 Å². The Morgan fingerprint density at radius 2 is 1.83 bits per heavy atom. The van der Waals surface area contributed by atoms with Crippen LogP contribution in [-0.2, 0) is 4.74 Å². The van der Waals surface area contributed by atoms with E-state index in [9.17, 15) is 0 Å². The lowest BCUT2D eigenvalue weighted by molar-refractivity contribution is -0.115. The third kappa shape index (κ3) is 3.48. The van der Waals surface area contributed by atoms with Crippen LogP contribution in [0, 0.1) is 5.92 Å². The van der Waals surface area contributed by atoms with Crippen molar-refractivity contribution >= 4 is 0 Å². The number of hydrogen-bond acceptors (Lipinski definition) is 2. The van der Waals surface area contributed by atoms with E-state index < -0.39 is 0 Å². The third-order valence-corrected chi connectivity index (χ3v) is 5.05. The SMILES string of the molecule is CCC(C)CC1NCCOC12CCCCCCC2. The molecule has 1 saturated heterocycles.